The zero-order chi connectivity index (χ0) is 11.0. The van der Waals surface area contributed by atoms with E-state index in [1.165, 1.54) is 27.9 Å². The SMILES string of the molecule is Cc1ccc(Cc2c[nH]c3ccccc23)[nH]1. The van der Waals surface area contributed by atoms with E-state index in [1.54, 1.807) is 0 Å². The lowest BCUT2D eigenvalue weighted by Gasteiger charge is -1.97. The number of hydrogen-bond donors (Lipinski definition) is 2. The quantitative estimate of drug-likeness (QED) is 0.649. The van der Waals surface area contributed by atoms with Crippen molar-refractivity contribution in [3.8, 4) is 0 Å². The Morgan fingerprint density at radius 2 is 1.94 bits per heavy atom. The highest BCUT2D eigenvalue weighted by Crippen LogP contribution is 2.20. The molecular formula is C14H14N2. The topological polar surface area (TPSA) is 31.6 Å². The van der Waals surface area contributed by atoms with Crippen molar-refractivity contribution in [2.24, 2.45) is 0 Å². The van der Waals surface area contributed by atoms with Gasteiger partial charge in [-0.1, -0.05) is 18.2 Å². The van der Waals surface area contributed by atoms with Gasteiger partial charge in [-0.05, 0) is 30.7 Å². The minimum atomic E-state index is 0.956. The average Bonchev–Trinajstić information content (AvgIpc) is 2.87. The molecule has 0 atom stereocenters. The number of aromatic amines is 2. The molecule has 2 heteroatoms. The Kier molecular flexibility index (Phi) is 2.07. The third kappa shape index (κ3) is 1.52. The smallest absolute Gasteiger partial charge is 0.0456 e. The van der Waals surface area contributed by atoms with Crippen molar-refractivity contribution in [1.29, 1.82) is 0 Å². The molecule has 3 rings (SSSR count). The molecule has 1 aromatic carbocycles. The summed E-state index contributed by atoms with van der Waals surface area (Å²) >= 11 is 0. The van der Waals surface area contributed by atoms with Gasteiger partial charge in [-0.15, -0.1) is 0 Å². The number of benzene rings is 1. The van der Waals surface area contributed by atoms with Crippen molar-refractivity contribution in [3.63, 3.8) is 0 Å². The van der Waals surface area contributed by atoms with Crippen LogP contribution in [0.1, 0.15) is 17.0 Å². The van der Waals surface area contributed by atoms with Gasteiger partial charge in [-0.3, -0.25) is 0 Å². The van der Waals surface area contributed by atoms with Gasteiger partial charge < -0.3 is 9.97 Å². The zero-order valence-corrected chi connectivity index (χ0v) is 9.25. The Bertz CT molecular complexity index is 616. The highest BCUT2D eigenvalue weighted by Gasteiger charge is 2.04. The van der Waals surface area contributed by atoms with Gasteiger partial charge >= 0.3 is 0 Å². The molecule has 2 N–H and O–H groups in total. The number of para-hydroxylation sites is 1. The van der Waals surface area contributed by atoms with Gasteiger partial charge in [-0.2, -0.15) is 0 Å². The predicted molar refractivity (Wildman–Crippen MR) is 66.6 cm³/mol. The Labute approximate surface area is 94.3 Å². The van der Waals surface area contributed by atoms with Gasteiger partial charge in [-0.25, -0.2) is 0 Å². The second kappa shape index (κ2) is 3.56. The molecule has 0 aliphatic carbocycles. The van der Waals surface area contributed by atoms with Gasteiger partial charge in [0.15, 0.2) is 0 Å². The first-order valence-corrected chi connectivity index (χ1v) is 5.52. The molecule has 0 aliphatic rings. The molecule has 0 unspecified atom stereocenters. The Morgan fingerprint density at radius 1 is 1.06 bits per heavy atom. The maximum Gasteiger partial charge on any atom is 0.0456 e. The molecule has 3 aromatic rings. The van der Waals surface area contributed by atoms with Crippen LogP contribution in [-0.4, -0.2) is 9.97 Å². The summed E-state index contributed by atoms with van der Waals surface area (Å²) in [5.74, 6) is 0. The van der Waals surface area contributed by atoms with Gasteiger partial charge in [0, 0.05) is 34.9 Å². The van der Waals surface area contributed by atoms with E-state index in [0.29, 0.717) is 0 Å². The van der Waals surface area contributed by atoms with Crippen LogP contribution in [0.3, 0.4) is 0 Å². The van der Waals surface area contributed by atoms with Crippen LogP contribution in [-0.2, 0) is 6.42 Å². The van der Waals surface area contributed by atoms with Crippen molar-refractivity contribution in [1.82, 2.24) is 9.97 Å². The van der Waals surface area contributed by atoms with E-state index in [2.05, 4.69) is 59.5 Å². The fourth-order valence-electron chi connectivity index (χ4n) is 2.15. The van der Waals surface area contributed by atoms with Gasteiger partial charge in [0.2, 0.25) is 0 Å². The summed E-state index contributed by atoms with van der Waals surface area (Å²) in [4.78, 5) is 6.67. The first-order chi connectivity index (χ1) is 7.83. The molecule has 0 aliphatic heterocycles. The van der Waals surface area contributed by atoms with E-state index in [4.69, 9.17) is 0 Å². The fraction of sp³-hybridized carbons (Fsp3) is 0.143. The van der Waals surface area contributed by atoms with Crippen LogP contribution in [0.5, 0.6) is 0 Å². The Balaban J connectivity index is 2.00. The molecule has 0 saturated heterocycles. The maximum absolute atomic E-state index is 3.37. The fourth-order valence-corrected chi connectivity index (χ4v) is 2.15. The number of aryl methyl sites for hydroxylation is 1. The first kappa shape index (κ1) is 9.28. The number of hydrogen-bond acceptors (Lipinski definition) is 0. The lowest BCUT2D eigenvalue weighted by molar-refractivity contribution is 1.09. The molecule has 0 radical (unpaired) electrons. The molecular weight excluding hydrogens is 196 g/mol. The second-order valence-corrected chi connectivity index (χ2v) is 4.20. The maximum atomic E-state index is 3.37. The van der Waals surface area contributed by atoms with Crippen LogP contribution in [0.4, 0.5) is 0 Å². The standard InChI is InChI=1S/C14H14N2/c1-10-6-7-12(16-10)8-11-9-15-14-5-3-2-4-13(11)14/h2-7,9,15-16H,8H2,1H3. The summed E-state index contributed by atoms with van der Waals surface area (Å²) < 4.78 is 0. The lowest BCUT2D eigenvalue weighted by atomic mass is 10.1. The summed E-state index contributed by atoms with van der Waals surface area (Å²) in [5.41, 5.74) is 5.04. The van der Waals surface area contributed by atoms with Crippen LogP contribution in [0, 0.1) is 6.92 Å². The molecule has 16 heavy (non-hydrogen) atoms. The van der Waals surface area contributed by atoms with Gasteiger partial charge in [0.1, 0.15) is 0 Å². The summed E-state index contributed by atoms with van der Waals surface area (Å²) in [6.07, 6.45) is 3.05. The molecule has 0 bridgehead atoms. The first-order valence-electron chi connectivity index (χ1n) is 5.52. The van der Waals surface area contributed by atoms with Gasteiger partial charge in [0.25, 0.3) is 0 Å². The van der Waals surface area contributed by atoms with E-state index in [0.717, 1.165) is 6.42 Å². The predicted octanol–water partition coefficient (Wildman–Crippen LogP) is 3.40. The number of fused-ring (bicyclic) bond motifs is 1. The van der Waals surface area contributed by atoms with Crippen LogP contribution in [0.2, 0.25) is 0 Å². The number of rotatable bonds is 2. The minimum Gasteiger partial charge on any atom is -0.362 e. The zero-order valence-electron chi connectivity index (χ0n) is 9.25. The van der Waals surface area contributed by atoms with Gasteiger partial charge in [0.05, 0.1) is 0 Å². The average molecular weight is 210 g/mol. The van der Waals surface area contributed by atoms with Crippen LogP contribution in [0.15, 0.2) is 42.6 Å². The molecule has 2 heterocycles. The number of H-pyrrole nitrogens is 2. The van der Waals surface area contributed by atoms with Crippen molar-refractivity contribution in [3.05, 3.63) is 59.5 Å². The van der Waals surface area contributed by atoms with Crippen LogP contribution < -0.4 is 0 Å². The molecule has 2 nitrogen and oxygen atoms in total. The van der Waals surface area contributed by atoms with Crippen molar-refractivity contribution in [2.45, 2.75) is 13.3 Å². The molecule has 2 aromatic heterocycles. The summed E-state index contributed by atoms with van der Waals surface area (Å²) in [5, 5.41) is 1.31. The largest absolute Gasteiger partial charge is 0.362 e. The molecule has 0 amide bonds. The molecule has 0 fully saturated rings. The van der Waals surface area contributed by atoms with E-state index in [-0.39, 0.29) is 0 Å². The Morgan fingerprint density at radius 3 is 2.75 bits per heavy atom. The minimum absolute atomic E-state index is 0.956. The van der Waals surface area contributed by atoms with Crippen molar-refractivity contribution >= 4 is 10.9 Å². The highest BCUT2D eigenvalue weighted by atomic mass is 14.7. The third-order valence-corrected chi connectivity index (χ3v) is 2.95. The monoisotopic (exact) mass is 210 g/mol. The summed E-state index contributed by atoms with van der Waals surface area (Å²) in [6, 6.07) is 12.7. The second-order valence-electron chi connectivity index (χ2n) is 4.20. The molecule has 0 saturated carbocycles. The molecule has 80 valence electrons. The van der Waals surface area contributed by atoms with Crippen molar-refractivity contribution in [2.75, 3.05) is 0 Å². The third-order valence-electron chi connectivity index (χ3n) is 2.95. The summed E-state index contributed by atoms with van der Waals surface area (Å²) in [6.45, 7) is 2.08. The number of aromatic nitrogens is 2. The molecule has 0 spiro atoms. The van der Waals surface area contributed by atoms with Crippen molar-refractivity contribution < 1.29 is 0 Å². The van der Waals surface area contributed by atoms with E-state index < -0.39 is 0 Å². The van der Waals surface area contributed by atoms with E-state index in [1.807, 2.05) is 0 Å². The van der Waals surface area contributed by atoms with E-state index in [9.17, 15) is 0 Å². The highest BCUT2D eigenvalue weighted by molar-refractivity contribution is 5.83. The van der Waals surface area contributed by atoms with E-state index >= 15 is 0 Å². The van der Waals surface area contributed by atoms with Crippen LogP contribution >= 0.6 is 0 Å². The summed E-state index contributed by atoms with van der Waals surface area (Å²) in [7, 11) is 0. The number of nitrogens with one attached hydrogen (secondary N) is 2. The Hall–Kier alpha value is -1.96. The normalized spacial score (nSPS) is 11.1. The van der Waals surface area contributed by atoms with Crippen LogP contribution in [0.25, 0.3) is 10.9 Å². The lowest BCUT2D eigenvalue weighted by Crippen LogP contribution is -1.86.